The number of carbonyl (C=O) groups excluding carboxylic acids is 1. The second-order valence-corrected chi connectivity index (χ2v) is 5.02. The Balaban J connectivity index is 1.84. The Labute approximate surface area is 116 Å². The molecule has 0 saturated carbocycles. The quantitative estimate of drug-likeness (QED) is 0.810. The van der Waals surface area contributed by atoms with Crippen LogP contribution in [0.5, 0.6) is 0 Å². The summed E-state index contributed by atoms with van der Waals surface area (Å²) >= 11 is 0. The third kappa shape index (κ3) is 2.37. The first-order chi connectivity index (χ1) is 9.63. The summed E-state index contributed by atoms with van der Waals surface area (Å²) in [6.07, 6.45) is 0.802. The maximum Gasteiger partial charge on any atom is 0.254 e. The number of carbonyl (C=O) groups is 1. The van der Waals surface area contributed by atoms with Crippen molar-refractivity contribution in [3.8, 4) is 0 Å². The average Bonchev–Trinajstić information content (AvgIpc) is 2.45. The molecule has 0 spiro atoms. The monoisotopic (exact) mass is 270 g/mol. The van der Waals surface area contributed by atoms with Crippen LogP contribution >= 0.6 is 0 Å². The zero-order valence-corrected chi connectivity index (χ0v) is 11.0. The van der Waals surface area contributed by atoms with Crippen molar-refractivity contribution in [3.05, 3.63) is 65.0 Å². The lowest BCUT2D eigenvalue weighted by molar-refractivity contribution is 0.0734. The number of amides is 1. The van der Waals surface area contributed by atoms with Gasteiger partial charge in [-0.25, -0.2) is 4.39 Å². The van der Waals surface area contributed by atoms with Crippen LogP contribution < -0.4 is 5.73 Å². The van der Waals surface area contributed by atoms with E-state index in [0.717, 1.165) is 12.0 Å². The lowest BCUT2D eigenvalue weighted by Gasteiger charge is -2.29. The SMILES string of the molecule is Nc1ccc2c(c1)CN(C(=O)c1cccc(F)c1)CC2. The molecule has 4 heteroatoms. The van der Waals surface area contributed by atoms with Crippen molar-refractivity contribution in [1.82, 2.24) is 4.90 Å². The molecule has 0 saturated heterocycles. The lowest BCUT2D eigenvalue weighted by atomic mass is 9.98. The molecule has 0 atom stereocenters. The highest BCUT2D eigenvalue weighted by molar-refractivity contribution is 5.94. The Morgan fingerprint density at radius 1 is 1.15 bits per heavy atom. The molecule has 2 N–H and O–H groups in total. The van der Waals surface area contributed by atoms with Gasteiger partial charge in [-0.2, -0.15) is 0 Å². The molecule has 3 nitrogen and oxygen atoms in total. The van der Waals surface area contributed by atoms with Gasteiger partial charge in [0.15, 0.2) is 0 Å². The van der Waals surface area contributed by atoms with Gasteiger partial charge in [-0.1, -0.05) is 12.1 Å². The van der Waals surface area contributed by atoms with Crippen LogP contribution in [0.25, 0.3) is 0 Å². The number of rotatable bonds is 1. The van der Waals surface area contributed by atoms with Crippen molar-refractivity contribution in [2.45, 2.75) is 13.0 Å². The fourth-order valence-corrected chi connectivity index (χ4v) is 2.55. The first-order valence-electron chi connectivity index (χ1n) is 6.55. The summed E-state index contributed by atoms with van der Waals surface area (Å²) < 4.78 is 13.2. The maximum absolute atomic E-state index is 13.2. The van der Waals surface area contributed by atoms with Crippen LogP contribution in [0.3, 0.4) is 0 Å². The number of fused-ring (bicyclic) bond motifs is 1. The molecule has 0 aliphatic carbocycles. The molecule has 2 aromatic carbocycles. The first kappa shape index (κ1) is 12.7. The molecule has 102 valence electrons. The van der Waals surface area contributed by atoms with Gasteiger partial charge in [0.25, 0.3) is 5.91 Å². The normalized spacial score (nSPS) is 13.9. The van der Waals surface area contributed by atoms with Crippen molar-refractivity contribution < 1.29 is 9.18 Å². The third-order valence-electron chi connectivity index (χ3n) is 3.60. The largest absolute Gasteiger partial charge is 0.399 e. The van der Waals surface area contributed by atoms with E-state index in [2.05, 4.69) is 0 Å². The van der Waals surface area contributed by atoms with E-state index in [9.17, 15) is 9.18 Å². The van der Waals surface area contributed by atoms with Crippen LogP contribution in [0.2, 0.25) is 0 Å². The Hall–Kier alpha value is -2.36. The van der Waals surface area contributed by atoms with Crippen molar-refractivity contribution >= 4 is 11.6 Å². The maximum atomic E-state index is 13.2. The van der Waals surface area contributed by atoms with Gasteiger partial charge in [0.1, 0.15) is 5.82 Å². The summed E-state index contributed by atoms with van der Waals surface area (Å²) in [5, 5.41) is 0. The molecule has 3 rings (SSSR count). The molecule has 1 aliphatic heterocycles. The van der Waals surface area contributed by atoms with Gasteiger partial charge in [0.05, 0.1) is 0 Å². The van der Waals surface area contributed by atoms with E-state index in [1.54, 1.807) is 17.0 Å². The van der Waals surface area contributed by atoms with Gasteiger partial charge in [0, 0.05) is 24.3 Å². The van der Waals surface area contributed by atoms with E-state index < -0.39 is 5.82 Å². The van der Waals surface area contributed by atoms with E-state index in [-0.39, 0.29) is 5.91 Å². The second-order valence-electron chi connectivity index (χ2n) is 5.02. The predicted octanol–water partition coefficient (Wildman–Crippen LogP) is 2.61. The number of hydrogen-bond acceptors (Lipinski definition) is 2. The number of halogens is 1. The van der Waals surface area contributed by atoms with Crippen molar-refractivity contribution in [2.75, 3.05) is 12.3 Å². The molecule has 0 aromatic heterocycles. The van der Waals surface area contributed by atoms with Crippen molar-refractivity contribution in [2.24, 2.45) is 0 Å². The van der Waals surface area contributed by atoms with E-state index in [0.29, 0.717) is 24.3 Å². The fraction of sp³-hybridized carbons (Fsp3) is 0.188. The lowest BCUT2D eigenvalue weighted by Crippen LogP contribution is -2.36. The molecular formula is C16H15FN2O. The van der Waals surface area contributed by atoms with E-state index >= 15 is 0 Å². The number of nitrogens with two attached hydrogens (primary N) is 1. The molecular weight excluding hydrogens is 255 g/mol. The van der Waals surface area contributed by atoms with Crippen molar-refractivity contribution in [3.63, 3.8) is 0 Å². The van der Waals surface area contributed by atoms with E-state index in [1.165, 1.54) is 17.7 Å². The van der Waals surface area contributed by atoms with E-state index in [1.807, 2.05) is 18.2 Å². The van der Waals surface area contributed by atoms with Gasteiger partial charge >= 0.3 is 0 Å². The molecule has 2 aromatic rings. The number of benzene rings is 2. The standard InChI is InChI=1S/C16H15FN2O/c17-14-3-1-2-12(8-14)16(20)19-7-6-11-4-5-15(18)9-13(11)10-19/h1-5,8-9H,6-7,10,18H2. The number of hydrogen-bond donors (Lipinski definition) is 1. The van der Waals surface area contributed by atoms with Gasteiger partial charge in [-0.15, -0.1) is 0 Å². The first-order valence-corrected chi connectivity index (χ1v) is 6.55. The zero-order valence-electron chi connectivity index (χ0n) is 11.0. The minimum absolute atomic E-state index is 0.141. The molecule has 0 bridgehead atoms. The summed E-state index contributed by atoms with van der Waals surface area (Å²) in [4.78, 5) is 14.1. The minimum atomic E-state index is -0.391. The van der Waals surface area contributed by atoms with Gasteiger partial charge < -0.3 is 10.6 Å². The molecule has 1 aliphatic rings. The highest BCUT2D eigenvalue weighted by Gasteiger charge is 2.22. The zero-order chi connectivity index (χ0) is 14.1. The average molecular weight is 270 g/mol. The van der Waals surface area contributed by atoms with Crippen molar-refractivity contribution in [1.29, 1.82) is 0 Å². The Morgan fingerprint density at radius 2 is 2.00 bits per heavy atom. The van der Waals surface area contributed by atoms with Gasteiger partial charge in [0.2, 0.25) is 0 Å². The third-order valence-corrected chi connectivity index (χ3v) is 3.60. The number of nitrogen functional groups attached to an aromatic ring is 1. The van der Waals surface area contributed by atoms with Crippen LogP contribution in [0.4, 0.5) is 10.1 Å². The highest BCUT2D eigenvalue weighted by atomic mass is 19.1. The molecule has 0 fully saturated rings. The van der Waals surface area contributed by atoms with E-state index in [4.69, 9.17) is 5.73 Å². The number of anilines is 1. The summed E-state index contributed by atoms with van der Waals surface area (Å²) in [7, 11) is 0. The van der Waals surface area contributed by atoms with Gasteiger partial charge in [-0.05, 0) is 47.9 Å². The molecule has 0 unspecified atom stereocenters. The fourth-order valence-electron chi connectivity index (χ4n) is 2.55. The smallest absolute Gasteiger partial charge is 0.254 e. The van der Waals surface area contributed by atoms with Crippen LogP contribution in [-0.4, -0.2) is 17.4 Å². The van der Waals surface area contributed by atoms with Gasteiger partial charge in [-0.3, -0.25) is 4.79 Å². The van der Waals surface area contributed by atoms with Crippen LogP contribution in [0.1, 0.15) is 21.5 Å². The molecule has 1 amide bonds. The molecule has 0 radical (unpaired) electrons. The summed E-state index contributed by atoms with van der Waals surface area (Å²) in [5.74, 6) is -0.532. The Bertz CT molecular complexity index is 669. The predicted molar refractivity (Wildman–Crippen MR) is 75.7 cm³/mol. The Kier molecular flexibility index (Phi) is 3.14. The van der Waals surface area contributed by atoms with Crippen LogP contribution in [0, 0.1) is 5.82 Å². The number of nitrogens with zero attached hydrogens (tertiary/aromatic N) is 1. The topological polar surface area (TPSA) is 46.3 Å². The Morgan fingerprint density at radius 3 is 2.80 bits per heavy atom. The molecule has 1 heterocycles. The minimum Gasteiger partial charge on any atom is -0.399 e. The second kappa shape index (κ2) is 4.96. The highest BCUT2D eigenvalue weighted by Crippen LogP contribution is 2.22. The summed E-state index contributed by atoms with van der Waals surface area (Å²) in [5.41, 5.74) is 9.16. The molecule has 20 heavy (non-hydrogen) atoms. The summed E-state index contributed by atoms with van der Waals surface area (Å²) in [6.45, 7) is 1.17. The summed E-state index contributed by atoms with van der Waals surface area (Å²) in [6, 6.07) is 11.6. The van der Waals surface area contributed by atoms with Crippen LogP contribution in [0.15, 0.2) is 42.5 Å². The van der Waals surface area contributed by atoms with Crippen LogP contribution in [-0.2, 0) is 13.0 Å².